The number of hydrogen-bond acceptors (Lipinski definition) is 1. The summed E-state index contributed by atoms with van der Waals surface area (Å²) in [6.45, 7) is 3.73. The summed E-state index contributed by atoms with van der Waals surface area (Å²) in [4.78, 5) is 11.9. The van der Waals surface area contributed by atoms with E-state index in [1.54, 1.807) is 13.8 Å². The highest BCUT2D eigenvalue weighted by atomic mass is 19.4. The van der Waals surface area contributed by atoms with Crippen LogP contribution in [0.4, 0.5) is 18.0 Å². The van der Waals surface area contributed by atoms with Crippen LogP contribution in [0.3, 0.4) is 0 Å². The summed E-state index contributed by atoms with van der Waals surface area (Å²) in [5, 5.41) is 2.40. The smallest absolute Gasteiger partial charge is 0.336 e. The second-order valence-corrected chi connectivity index (χ2v) is 3.23. The van der Waals surface area contributed by atoms with Crippen LogP contribution in [0.5, 0.6) is 0 Å². The molecule has 0 fully saturated rings. The third-order valence-corrected chi connectivity index (χ3v) is 1.45. The summed E-state index contributed by atoms with van der Waals surface area (Å²) < 4.78 is 35.9. The van der Waals surface area contributed by atoms with E-state index < -0.39 is 18.8 Å². The predicted molar refractivity (Wildman–Crippen MR) is 47.0 cm³/mol. The third kappa shape index (κ3) is 5.66. The summed E-state index contributed by atoms with van der Waals surface area (Å²) in [5.41, 5.74) is 0. The van der Waals surface area contributed by atoms with Gasteiger partial charge in [-0.2, -0.15) is 13.2 Å². The van der Waals surface area contributed by atoms with Crippen LogP contribution in [0.2, 0.25) is 0 Å². The van der Waals surface area contributed by atoms with Gasteiger partial charge >= 0.3 is 12.2 Å². The van der Waals surface area contributed by atoms with E-state index in [1.807, 2.05) is 0 Å². The van der Waals surface area contributed by atoms with E-state index in [1.165, 1.54) is 6.92 Å². The molecule has 3 nitrogen and oxygen atoms in total. The number of alkyl halides is 3. The SMILES string of the molecule is CCN(CC(F)(F)F)C(=O)NC(C)C. The van der Waals surface area contributed by atoms with Gasteiger partial charge in [-0.25, -0.2) is 4.79 Å². The molecule has 1 N–H and O–H groups in total. The Kier molecular flexibility index (Phi) is 4.73. The first-order valence-corrected chi connectivity index (χ1v) is 4.38. The van der Waals surface area contributed by atoms with E-state index in [4.69, 9.17) is 0 Å². The van der Waals surface area contributed by atoms with Crippen LogP contribution < -0.4 is 5.32 Å². The minimum Gasteiger partial charge on any atom is -0.336 e. The highest BCUT2D eigenvalue weighted by Gasteiger charge is 2.32. The Balaban J connectivity index is 4.20. The van der Waals surface area contributed by atoms with Crippen molar-refractivity contribution in [2.45, 2.75) is 33.0 Å². The molecule has 0 bridgehead atoms. The molecular weight excluding hydrogens is 197 g/mol. The maximum atomic E-state index is 12.0. The molecule has 0 aromatic heterocycles. The molecule has 84 valence electrons. The lowest BCUT2D eigenvalue weighted by Crippen LogP contribution is -2.46. The van der Waals surface area contributed by atoms with Gasteiger partial charge in [0.1, 0.15) is 6.54 Å². The van der Waals surface area contributed by atoms with Gasteiger partial charge in [-0.3, -0.25) is 0 Å². The lowest BCUT2D eigenvalue weighted by Gasteiger charge is -2.23. The summed E-state index contributed by atoms with van der Waals surface area (Å²) >= 11 is 0. The van der Waals surface area contributed by atoms with Gasteiger partial charge in [-0.05, 0) is 20.8 Å². The zero-order chi connectivity index (χ0) is 11.4. The predicted octanol–water partition coefficient (Wildman–Crippen LogP) is 1.99. The van der Waals surface area contributed by atoms with Crippen LogP contribution in [0.1, 0.15) is 20.8 Å². The third-order valence-electron chi connectivity index (χ3n) is 1.45. The molecular formula is C8H15F3N2O. The number of rotatable bonds is 3. The van der Waals surface area contributed by atoms with Gasteiger partial charge in [0.2, 0.25) is 0 Å². The Morgan fingerprint density at radius 3 is 2.21 bits per heavy atom. The highest BCUT2D eigenvalue weighted by Crippen LogP contribution is 2.16. The van der Waals surface area contributed by atoms with Gasteiger partial charge in [0, 0.05) is 12.6 Å². The van der Waals surface area contributed by atoms with Crippen molar-refractivity contribution in [3.63, 3.8) is 0 Å². The van der Waals surface area contributed by atoms with Crippen LogP contribution in [0.15, 0.2) is 0 Å². The molecule has 0 heterocycles. The number of carbonyl (C=O) groups excluding carboxylic acids is 1. The van der Waals surface area contributed by atoms with Crippen molar-refractivity contribution in [1.29, 1.82) is 0 Å². The van der Waals surface area contributed by atoms with Gasteiger partial charge in [-0.15, -0.1) is 0 Å². The standard InChI is InChI=1S/C8H15F3N2O/c1-4-13(5-8(9,10)11)7(14)12-6(2)3/h6H,4-5H2,1-3H3,(H,12,14). The van der Waals surface area contributed by atoms with Crippen LogP contribution in [-0.4, -0.2) is 36.2 Å². The van der Waals surface area contributed by atoms with Crippen molar-refractivity contribution < 1.29 is 18.0 Å². The lowest BCUT2D eigenvalue weighted by molar-refractivity contribution is -0.139. The maximum Gasteiger partial charge on any atom is 0.406 e. The molecule has 0 aliphatic heterocycles. The normalized spacial score (nSPS) is 11.6. The van der Waals surface area contributed by atoms with Crippen molar-refractivity contribution in [3.8, 4) is 0 Å². The number of nitrogens with zero attached hydrogens (tertiary/aromatic N) is 1. The lowest BCUT2D eigenvalue weighted by atomic mass is 10.4. The number of amides is 2. The van der Waals surface area contributed by atoms with Gasteiger partial charge in [0.15, 0.2) is 0 Å². The molecule has 0 radical (unpaired) electrons. The Morgan fingerprint density at radius 2 is 1.93 bits per heavy atom. The molecule has 0 saturated carbocycles. The first kappa shape index (κ1) is 13.1. The average Bonchev–Trinajstić information content (AvgIpc) is 1.96. The summed E-state index contributed by atoms with van der Waals surface area (Å²) in [5.74, 6) is 0. The molecule has 0 aliphatic carbocycles. The van der Waals surface area contributed by atoms with Crippen molar-refractivity contribution in [2.75, 3.05) is 13.1 Å². The molecule has 0 aromatic carbocycles. The number of carbonyl (C=O) groups is 1. The first-order chi connectivity index (χ1) is 6.26. The van der Waals surface area contributed by atoms with Gasteiger partial charge in [0.25, 0.3) is 0 Å². The largest absolute Gasteiger partial charge is 0.406 e. The molecule has 0 spiro atoms. The number of nitrogens with one attached hydrogen (secondary N) is 1. The summed E-state index contributed by atoms with van der Waals surface area (Å²) in [7, 11) is 0. The molecule has 0 atom stereocenters. The first-order valence-electron chi connectivity index (χ1n) is 4.38. The van der Waals surface area contributed by atoms with Crippen LogP contribution >= 0.6 is 0 Å². The highest BCUT2D eigenvalue weighted by molar-refractivity contribution is 5.74. The fraction of sp³-hybridized carbons (Fsp3) is 0.875. The fourth-order valence-electron chi connectivity index (χ4n) is 0.882. The average molecular weight is 212 g/mol. The Hall–Kier alpha value is -0.940. The molecule has 0 unspecified atom stereocenters. The number of urea groups is 1. The second-order valence-electron chi connectivity index (χ2n) is 3.23. The molecule has 0 saturated heterocycles. The van der Waals surface area contributed by atoms with Crippen molar-refractivity contribution >= 4 is 6.03 Å². The molecule has 0 rings (SSSR count). The monoisotopic (exact) mass is 212 g/mol. The minimum absolute atomic E-state index is 0.0397. The van der Waals surface area contributed by atoms with Crippen LogP contribution in [0.25, 0.3) is 0 Å². The molecule has 0 aromatic rings. The van der Waals surface area contributed by atoms with Crippen LogP contribution in [0, 0.1) is 0 Å². The van der Waals surface area contributed by atoms with Gasteiger partial charge in [-0.1, -0.05) is 0 Å². The van der Waals surface area contributed by atoms with Gasteiger partial charge in [0.05, 0.1) is 0 Å². The minimum atomic E-state index is -4.34. The molecule has 6 heteroatoms. The van der Waals surface area contributed by atoms with Gasteiger partial charge < -0.3 is 10.2 Å². The fourth-order valence-corrected chi connectivity index (χ4v) is 0.882. The van der Waals surface area contributed by atoms with E-state index in [-0.39, 0.29) is 12.6 Å². The Labute approximate surface area is 81.3 Å². The zero-order valence-corrected chi connectivity index (χ0v) is 8.48. The van der Waals surface area contributed by atoms with Crippen molar-refractivity contribution in [1.82, 2.24) is 10.2 Å². The van der Waals surface area contributed by atoms with E-state index in [2.05, 4.69) is 5.32 Å². The quantitative estimate of drug-likeness (QED) is 0.762. The van der Waals surface area contributed by atoms with Crippen molar-refractivity contribution in [3.05, 3.63) is 0 Å². The van der Waals surface area contributed by atoms with E-state index in [0.29, 0.717) is 0 Å². The number of hydrogen-bond donors (Lipinski definition) is 1. The van der Waals surface area contributed by atoms with Crippen molar-refractivity contribution in [2.24, 2.45) is 0 Å². The summed E-state index contributed by atoms with van der Waals surface area (Å²) in [6.07, 6.45) is -4.34. The molecule has 2 amide bonds. The second kappa shape index (κ2) is 5.07. The zero-order valence-electron chi connectivity index (χ0n) is 8.48. The Morgan fingerprint density at radius 1 is 1.43 bits per heavy atom. The maximum absolute atomic E-state index is 12.0. The Bertz CT molecular complexity index is 192. The molecule has 0 aliphatic rings. The topological polar surface area (TPSA) is 32.3 Å². The summed E-state index contributed by atoms with van der Waals surface area (Å²) in [6, 6.07) is -0.843. The van der Waals surface area contributed by atoms with E-state index >= 15 is 0 Å². The van der Waals surface area contributed by atoms with E-state index in [0.717, 1.165) is 4.90 Å². The number of halogens is 3. The molecule has 14 heavy (non-hydrogen) atoms. The van der Waals surface area contributed by atoms with Crippen LogP contribution in [-0.2, 0) is 0 Å². The van der Waals surface area contributed by atoms with E-state index in [9.17, 15) is 18.0 Å².